The zero-order valence-corrected chi connectivity index (χ0v) is 11.5. The number of nitrogens with two attached hydrogens (primary N) is 1. The number of aromatic nitrogens is 1. The molecule has 0 aromatic carbocycles. The Labute approximate surface area is 120 Å². The topological polar surface area (TPSA) is 68.0 Å². The van der Waals surface area contributed by atoms with Gasteiger partial charge in [-0.05, 0) is 25.0 Å². The number of hydrogen-bond donors (Lipinski definition) is 2. The number of nitrogens with one attached hydrogen (secondary N) is 1. The zero-order chi connectivity index (χ0) is 15.5. The van der Waals surface area contributed by atoms with Crippen molar-refractivity contribution >= 4 is 5.91 Å². The number of hydrogen-bond acceptors (Lipinski definition) is 3. The fraction of sp³-hybridized carbons (Fsp3) is 0.571. The summed E-state index contributed by atoms with van der Waals surface area (Å²) in [6, 6.07) is 2.09. The van der Waals surface area contributed by atoms with E-state index >= 15 is 0 Å². The van der Waals surface area contributed by atoms with E-state index in [4.69, 9.17) is 5.73 Å². The molecule has 1 saturated carbocycles. The Bertz CT molecular complexity index is 504. The summed E-state index contributed by atoms with van der Waals surface area (Å²) in [7, 11) is 0. The Balaban J connectivity index is 2.07. The lowest BCUT2D eigenvalue weighted by Gasteiger charge is -2.30. The number of carbonyl (C=O) groups is 1. The lowest BCUT2D eigenvalue weighted by Crippen LogP contribution is -2.44. The van der Waals surface area contributed by atoms with Crippen LogP contribution in [0.2, 0.25) is 0 Å². The molecule has 0 bridgehead atoms. The van der Waals surface area contributed by atoms with Crippen LogP contribution in [0.4, 0.5) is 13.2 Å². The van der Waals surface area contributed by atoms with Crippen LogP contribution < -0.4 is 11.1 Å². The van der Waals surface area contributed by atoms with Crippen molar-refractivity contribution in [2.75, 3.05) is 0 Å². The number of alkyl halides is 3. The number of primary amides is 1. The number of pyridine rings is 1. The third kappa shape index (κ3) is 3.93. The van der Waals surface area contributed by atoms with Gasteiger partial charge in [0, 0.05) is 18.8 Å². The van der Waals surface area contributed by atoms with E-state index in [1.807, 2.05) is 0 Å². The lowest BCUT2D eigenvalue weighted by atomic mass is 9.84. The minimum Gasteiger partial charge on any atom is -0.369 e. The van der Waals surface area contributed by atoms with Crippen LogP contribution in [-0.2, 0) is 17.5 Å². The van der Waals surface area contributed by atoms with Crippen LogP contribution in [0.25, 0.3) is 0 Å². The average molecular weight is 301 g/mol. The van der Waals surface area contributed by atoms with Crippen molar-refractivity contribution in [3.63, 3.8) is 0 Å². The molecule has 0 saturated heterocycles. The van der Waals surface area contributed by atoms with Crippen molar-refractivity contribution in [3.05, 3.63) is 29.6 Å². The first-order chi connectivity index (χ1) is 9.89. The normalized spacial score (nSPS) is 23.0. The third-order valence-electron chi connectivity index (χ3n) is 3.86. The molecule has 1 aliphatic rings. The van der Waals surface area contributed by atoms with Crippen molar-refractivity contribution in [3.8, 4) is 0 Å². The number of nitrogens with zero attached hydrogens (tertiary/aromatic N) is 1. The van der Waals surface area contributed by atoms with E-state index in [-0.39, 0.29) is 24.2 Å². The lowest BCUT2D eigenvalue weighted by molar-refractivity contribution is -0.138. The number of carbonyl (C=O) groups excluding carboxylic acids is 1. The summed E-state index contributed by atoms with van der Waals surface area (Å²) in [5.74, 6) is -0.721. The highest BCUT2D eigenvalue weighted by Gasteiger charge is 2.34. The van der Waals surface area contributed by atoms with E-state index in [1.54, 1.807) is 0 Å². The van der Waals surface area contributed by atoms with Gasteiger partial charge in [0.2, 0.25) is 5.91 Å². The summed E-state index contributed by atoms with van der Waals surface area (Å²) in [4.78, 5) is 15.2. The maximum atomic E-state index is 12.9. The highest BCUT2D eigenvalue weighted by atomic mass is 19.4. The van der Waals surface area contributed by atoms with Crippen molar-refractivity contribution in [2.45, 2.75) is 44.4 Å². The molecule has 0 spiro atoms. The third-order valence-corrected chi connectivity index (χ3v) is 3.86. The molecule has 1 fully saturated rings. The molecule has 1 heterocycles. The maximum Gasteiger partial charge on any atom is 0.418 e. The molecule has 2 atom stereocenters. The molecule has 0 aliphatic heterocycles. The molecule has 1 aromatic rings. The molecule has 0 unspecified atom stereocenters. The second-order valence-corrected chi connectivity index (χ2v) is 5.28. The van der Waals surface area contributed by atoms with Crippen LogP contribution in [-0.4, -0.2) is 16.9 Å². The van der Waals surface area contributed by atoms with E-state index in [2.05, 4.69) is 10.3 Å². The summed E-state index contributed by atoms with van der Waals surface area (Å²) < 4.78 is 38.6. The first-order valence-corrected chi connectivity index (χ1v) is 6.93. The molecule has 0 radical (unpaired) electrons. The van der Waals surface area contributed by atoms with E-state index in [0.717, 1.165) is 25.3 Å². The van der Waals surface area contributed by atoms with Gasteiger partial charge in [0.05, 0.1) is 17.2 Å². The quantitative estimate of drug-likeness (QED) is 0.896. The van der Waals surface area contributed by atoms with Crippen LogP contribution in [0, 0.1) is 5.92 Å². The van der Waals surface area contributed by atoms with Crippen LogP contribution in [0.15, 0.2) is 18.3 Å². The van der Waals surface area contributed by atoms with Crippen molar-refractivity contribution in [2.24, 2.45) is 11.7 Å². The monoisotopic (exact) mass is 301 g/mol. The van der Waals surface area contributed by atoms with Gasteiger partial charge in [-0.15, -0.1) is 0 Å². The van der Waals surface area contributed by atoms with Crippen molar-refractivity contribution in [1.29, 1.82) is 0 Å². The van der Waals surface area contributed by atoms with Gasteiger partial charge in [-0.25, -0.2) is 0 Å². The fourth-order valence-electron chi connectivity index (χ4n) is 2.78. The SMILES string of the molecule is NC(=O)[C@H]1CCCC[C@H]1NCc1ncccc1C(F)(F)F. The maximum absolute atomic E-state index is 12.9. The first-order valence-electron chi connectivity index (χ1n) is 6.93. The summed E-state index contributed by atoms with van der Waals surface area (Å²) in [5, 5.41) is 3.02. The number of halogens is 3. The predicted octanol–water partition coefficient (Wildman–Crippen LogP) is 2.23. The van der Waals surface area contributed by atoms with Gasteiger partial charge in [-0.1, -0.05) is 12.8 Å². The molecule has 7 heteroatoms. The predicted molar refractivity (Wildman–Crippen MR) is 71.0 cm³/mol. The average Bonchev–Trinajstić information content (AvgIpc) is 2.44. The largest absolute Gasteiger partial charge is 0.418 e. The van der Waals surface area contributed by atoms with Crippen molar-refractivity contribution < 1.29 is 18.0 Å². The number of amides is 1. The van der Waals surface area contributed by atoms with Gasteiger partial charge < -0.3 is 11.1 Å². The van der Waals surface area contributed by atoms with Gasteiger partial charge in [0.15, 0.2) is 0 Å². The Morgan fingerprint density at radius 3 is 2.76 bits per heavy atom. The first kappa shape index (κ1) is 15.8. The van der Waals surface area contributed by atoms with E-state index in [1.165, 1.54) is 12.3 Å². The van der Waals surface area contributed by atoms with Gasteiger partial charge in [-0.2, -0.15) is 13.2 Å². The second-order valence-electron chi connectivity index (χ2n) is 5.28. The zero-order valence-electron chi connectivity index (χ0n) is 11.5. The van der Waals surface area contributed by atoms with E-state index < -0.39 is 17.6 Å². The van der Waals surface area contributed by atoms with Crippen LogP contribution in [0.5, 0.6) is 0 Å². The highest BCUT2D eigenvalue weighted by Crippen LogP contribution is 2.31. The second kappa shape index (κ2) is 6.43. The molecule has 4 nitrogen and oxygen atoms in total. The summed E-state index contributed by atoms with van der Waals surface area (Å²) in [6.45, 7) is -0.0237. The highest BCUT2D eigenvalue weighted by molar-refractivity contribution is 5.77. The molecule has 21 heavy (non-hydrogen) atoms. The Kier molecular flexibility index (Phi) is 4.82. The van der Waals surface area contributed by atoms with Crippen LogP contribution in [0.1, 0.15) is 36.9 Å². The van der Waals surface area contributed by atoms with Gasteiger partial charge in [-0.3, -0.25) is 9.78 Å². The molecular formula is C14H18F3N3O. The molecule has 1 aromatic heterocycles. The minimum atomic E-state index is -4.43. The van der Waals surface area contributed by atoms with E-state index in [9.17, 15) is 18.0 Å². The fourth-order valence-corrected chi connectivity index (χ4v) is 2.78. The van der Waals surface area contributed by atoms with Gasteiger partial charge in [0.1, 0.15) is 0 Å². The molecule has 1 amide bonds. The Morgan fingerprint density at radius 2 is 2.10 bits per heavy atom. The molecule has 1 aliphatic carbocycles. The molecule has 2 rings (SSSR count). The van der Waals surface area contributed by atoms with Crippen LogP contribution in [0.3, 0.4) is 0 Å². The Hall–Kier alpha value is -1.63. The van der Waals surface area contributed by atoms with Gasteiger partial charge in [0.25, 0.3) is 0 Å². The summed E-state index contributed by atoms with van der Waals surface area (Å²) in [6.07, 6.45) is 0.182. The Morgan fingerprint density at radius 1 is 1.38 bits per heavy atom. The standard InChI is InChI=1S/C14H18F3N3O/c15-14(16,17)10-5-3-7-19-12(10)8-20-11-6-2-1-4-9(11)13(18)21/h3,5,7,9,11,20H,1-2,4,6,8H2,(H2,18,21)/t9-,11+/m0/s1. The summed E-state index contributed by atoms with van der Waals surface area (Å²) >= 11 is 0. The molecular weight excluding hydrogens is 283 g/mol. The molecule has 3 N–H and O–H groups in total. The van der Waals surface area contributed by atoms with Crippen molar-refractivity contribution in [1.82, 2.24) is 10.3 Å². The van der Waals surface area contributed by atoms with E-state index in [0.29, 0.717) is 6.42 Å². The molecule has 116 valence electrons. The summed E-state index contributed by atoms with van der Waals surface area (Å²) in [5.41, 5.74) is 4.55. The van der Waals surface area contributed by atoms with Crippen LogP contribution >= 0.6 is 0 Å². The number of rotatable bonds is 4. The minimum absolute atomic E-state index is 0.0237. The van der Waals surface area contributed by atoms with Gasteiger partial charge >= 0.3 is 6.18 Å². The smallest absolute Gasteiger partial charge is 0.369 e.